The zero-order chi connectivity index (χ0) is 13.8. The lowest BCUT2D eigenvalue weighted by molar-refractivity contribution is 0.132. The summed E-state index contributed by atoms with van der Waals surface area (Å²) in [5.41, 5.74) is 0. The van der Waals surface area contributed by atoms with Gasteiger partial charge in [-0.3, -0.25) is 4.90 Å². The number of rotatable bonds is 11. The lowest BCUT2D eigenvalue weighted by Gasteiger charge is -2.35. The molecule has 0 radical (unpaired) electrons. The largest absolute Gasteiger partial charge is 0.302 e. The van der Waals surface area contributed by atoms with Gasteiger partial charge in [0.05, 0.1) is 6.17 Å². The van der Waals surface area contributed by atoms with Crippen LogP contribution in [-0.2, 0) is 0 Å². The molecule has 2 nitrogen and oxygen atoms in total. The minimum absolute atomic E-state index is 0.678. The SMILES string of the molecule is CCCCCCN(CCCCCC)C1CCCCN1. The topological polar surface area (TPSA) is 15.3 Å². The maximum Gasteiger partial charge on any atom is 0.0597 e. The van der Waals surface area contributed by atoms with Crippen molar-refractivity contribution in [3.63, 3.8) is 0 Å². The Morgan fingerprint density at radius 3 is 1.95 bits per heavy atom. The molecule has 0 aromatic carbocycles. The third-order valence-corrected chi connectivity index (χ3v) is 4.32. The van der Waals surface area contributed by atoms with E-state index in [4.69, 9.17) is 0 Å². The Balaban J connectivity index is 2.24. The van der Waals surface area contributed by atoms with Crippen LogP contribution >= 0.6 is 0 Å². The molecule has 0 saturated carbocycles. The fraction of sp³-hybridized carbons (Fsp3) is 1.00. The second-order valence-electron chi connectivity index (χ2n) is 6.12. The second kappa shape index (κ2) is 11.7. The van der Waals surface area contributed by atoms with E-state index in [1.165, 1.54) is 90.3 Å². The van der Waals surface area contributed by atoms with Crippen LogP contribution in [0.1, 0.15) is 84.5 Å². The maximum absolute atomic E-state index is 3.73. The smallest absolute Gasteiger partial charge is 0.0597 e. The first-order valence-electron chi connectivity index (χ1n) is 8.86. The number of hydrogen-bond donors (Lipinski definition) is 1. The summed E-state index contributed by atoms with van der Waals surface area (Å²) in [4.78, 5) is 2.74. The number of nitrogens with zero attached hydrogens (tertiary/aromatic N) is 1. The van der Waals surface area contributed by atoms with E-state index in [1.807, 2.05) is 0 Å². The molecule has 1 heterocycles. The molecule has 1 saturated heterocycles. The molecule has 19 heavy (non-hydrogen) atoms. The Kier molecular flexibility index (Phi) is 10.5. The van der Waals surface area contributed by atoms with Crippen molar-refractivity contribution in [1.82, 2.24) is 10.2 Å². The predicted octanol–water partition coefficient (Wildman–Crippen LogP) is 4.55. The van der Waals surface area contributed by atoms with Crippen molar-refractivity contribution in [2.75, 3.05) is 19.6 Å². The third-order valence-electron chi connectivity index (χ3n) is 4.32. The Morgan fingerprint density at radius 2 is 1.47 bits per heavy atom. The van der Waals surface area contributed by atoms with Crippen molar-refractivity contribution in [3.05, 3.63) is 0 Å². The first kappa shape index (κ1) is 17.0. The summed E-state index contributed by atoms with van der Waals surface area (Å²) in [6.07, 6.45) is 15.9. The third kappa shape index (κ3) is 7.94. The highest BCUT2D eigenvalue weighted by molar-refractivity contribution is 4.74. The highest BCUT2D eigenvalue weighted by Crippen LogP contribution is 2.14. The van der Waals surface area contributed by atoms with Crippen molar-refractivity contribution >= 4 is 0 Å². The van der Waals surface area contributed by atoms with E-state index in [2.05, 4.69) is 24.1 Å². The Hall–Kier alpha value is -0.0800. The first-order valence-corrected chi connectivity index (χ1v) is 8.86. The van der Waals surface area contributed by atoms with E-state index < -0.39 is 0 Å². The molecule has 1 aliphatic heterocycles. The van der Waals surface area contributed by atoms with Gasteiger partial charge < -0.3 is 5.32 Å². The summed E-state index contributed by atoms with van der Waals surface area (Å²) in [5.74, 6) is 0. The van der Waals surface area contributed by atoms with Crippen LogP contribution in [0, 0.1) is 0 Å². The first-order chi connectivity index (χ1) is 9.38. The molecule has 0 aromatic heterocycles. The summed E-state index contributed by atoms with van der Waals surface area (Å²) in [7, 11) is 0. The zero-order valence-electron chi connectivity index (χ0n) is 13.4. The molecule has 0 amide bonds. The van der Waals surface area contributed by atoms with Gasteiger partial charge in [-0.05, 0) is 51.7 Å². The predicted molar refractivity (Wildman–Crippen MR) is 85.5 cm³/mol. The van der Waals surface area contributed by atoms with Crippen LogP contribution in [0.3, 0.4) is 0 Å². The van der Waals surface area contributed by atoms with Gasteiger partial charge in [-0.2, -0.15) is 0 Å². The highest BCUT2D eigenvalue weighted by atomic mass is 15.3. The van der Waals surface area contributed by atoms with Gasteiger partial charge >= 0.3 is 0 Å². The van der Waals surface area contributed by atoms with Crippen LogP contribution in [0.5, 0.6) is 0 Å². The zero-order valence-corrected chi connectivity index (χ0v) is 13.4. The van der Waals surface area contributed by atoms with Crippen LogP contribution < -0.4 is 5.32 Å². The molecule has 1 fully saturated rings. The maximum atomic E-state index is 3.73. The highest BCUT2D eigenvalue weighted by Gasteiger charge is 2.19. The molecule has 0 aromatic rings. The average Bonchev–Trinajstić information content (AvgIpc) is 2.46. The van der Waals surface area contributed by atoms with E-state index >= 15 is 0 Å². The molecule has 0 bridgehead atoms. The molecule has 114 valence electrons. The Morgan fingerprint density at radius 1 is 0.842 bits per heavy atom. The fourth-order valence-electron chi connectivity index (χ4n) is 3.05. The lowest BCUT2D eigenvalue weighted by atomic mass is 10.1. The van der Waals surface area contributed by atoms with Crippen LogP contribution in [0.15, 0.2) is 0 Å². The summed E-state index contributed by atoms with van der Waals surface area (Å²) in [6.45, 7) is 8.44. The Bertz CT molecular complexity index is 176. The van der Waals surface area contributed by atoms with Gasteiger partial charge in [0, 0.05) is 0 Å². The quantitative estimate of drug-likeness (QED) is 0.553. The van der Waals surface area contributed by atoms with Gasteiger partial charge in [0.2, 0.25) is 0 Å². The van der Waals surface area contributed by atoms with Gasteiger partial charge in [-0.25, -0.2) is 0 Å². The minimum atomic E-state index is 0.678. The lowest BCUT2D eigenvalue weighted by Crippen LogP contribution is -2.48. The number of nitrogens with one attached hydrogen (secondary N) is 1. The van der Waals surface area contributed by atoms with Crippen molar-refractivity contribution < 1.29 is 0 Å². The average molecular weight is 268 g/mol. The summed E-state index contributed by atoms with van der Waals surface area (Å²) in [6, 6.07) is 0. The molecule has 0 spiro atoms. The standard InChI is InChI=1S/C17H36N2/c1-3-5-7-11-15-19(16-12-8-6-4-2)17-13-9-10-14-18-17/h17-18H,3-16H2,1-2H3. The van der Waals surface area contributed by atoms with Crippen LogP contribution in [0.25, 0.3) is 0 Å². The van der Waals surface area contributed by atoms with Gasteiger partial charge in [0.15, 0.2) is 0 Å². The minimum Gasteiger partial charge on any atom is -0.302 e. The van der Waals surface area contributed by atoms with Crippen LogP contribution in [0.4, 0.5) is 0 Å². The summed E-state index contributed by atoms with van der Waals surface area (Å²) < 4.78 is 0. The molecular formula is C17H36N2. The number of piperidine rings is 1. The van der Waals surface area contributed by atoms with Crippen LogP contribution in [0.2, 0.25) is 0 Å². The van der Waals surface area contributed by atoms with E-state index in [9.17, 15) is 0 Å². The summed E-state index contributed by atoms with van der Waals surface area (Å²) in [5, 5.41) is 3.73. The van der Waals surface area contributed by atoms with Crippen molar-refractivity contribution in [2.24, 2.45) is 0 Å². The summed E-state index contributed by atoms with van der Waals surface area (Å²) >= 11 is 0. The van der Waals surface area contributed by atoms with Gasteiger partial charge in [0.1, 0.15) is 0 Å². The van der Waals surface area contributed by atoms with E-state index in [1.54, 1.807) is 0 Å². The molecule has 1 atom stereocenters. The molecule has 1 rings (SSSR count). The van der Waals surface area contributed by atoms with Gasteiger partial charge in [-0.1, -0.05) is 52.4 Å². The fourth-order valence-corrected chi connectivity index (χ4v) is 3.05. The number of unbranched alkanes of at least 4 members (excludes halogenated alkanes) is 6. The molecular weight excluding hydrogens is 232 g/mol. The molecule has 0 aliphatic carbocycles. The van der Waals surface area contributed by atoms with Gasteiger partial charge in [-0.15, -0.1) is 0 Å². The monoisotopic (exact) mass is 268 g/mol. The van der Waals surface area contributed by atoms with E-state index in [0.717, 1.165) is 0 Å². The van der Waals surface area contributed by atoms with E-state index in [0.29, 0.717) is 6.17 Å². The molecule has 1 N–H and O–H groups in total. The normalized spacial score (nSPS) is 20.1. The van der Waals surface area contributed by atoms with Gasteiger partial charge in [0.25, 0.3) is 0 Å². The van der Waals surface area contributed by atoms with Crippen LogP contribution in [-0.4, -0.2) is 30.7 Å². The molecule has 1 aliphatic rings. The number of hydrogen-bond acceptors (Lipinski definition) is 2. The van der Waals surface area contributed by atoms with Crippen molar-refractivity contribution in [2.45, 2.75) is 90.6 Å². The van der Waals surface area contributed by atoms with E-state index in [-0.39, 0.29) is 0 Å². The molecule has 1 unspecified atom stereocenters. The van der Waals surface area contributed by atoms with Crippen molar-refractivity contribution in [3.8, 4) is 0 Å². The Labute approximate surface area is 121 Å². The van der Waals surface area contributed by atoms with Crippen molar-refractivity contribution in [1.29, 1.82) is 0 Å². The molecule has 2 heteroatoms. The second-order valence-corrected chi connectivity index (χ2v) is 6.12.